The molecule has 5 rings (SSSR count). The Labute approximate surface area is 201 Å². The summed E-state index contributed by atoms with van der Waals surface area (Å²) < 4.78 is 11.1. The highest BCUT2D eigenvalue weighted by Crippen LogP contribution is 2.41. The van der Waals surface area contributed by atoms with Crippen molar-refractivity contribution in [2.24, 2.45) is 0 Å². The lowest BCUT2D eigenvalue weighted by Gasteiger charge is -2.39. The number of methoxy groups -OCH3 is 2. The van der Waals surface area contributed by atoms with Gasteiger partial charge in [-0.1, -0.05) is 56.0 Å². The van der Waals surface area contributed by atoms with Gasteiger partial charge >= 0.3 is 6.03 Å². The molecule has 0 radical (unpaired) electrons. The van der Waals surface area contributed by atoms with Gasteiger partial charge in [0, 0.05) is 6.54 Å². The summed E-state index contributed by atoms with van der Waals surface area (Å²) in [4.78, 5) is 30.3. The summed E-state index contributed by atoms with van der Waals surface area (Å²) in [6.07, 6.45) is 6.46. The first-order valence-electron chi connectivity index (χ1n) is 12.2. The van der Waals surface area contributed by atoms with Crippen LogP contribution in [0.3, 0.4) is 0 Å². The van der Waals surface area contributed by atoms with Crippen LogP contribution in [0.2, 0.25) is 0 Å². The second-order valence-corrected chi connectivity index (χ2v) is 9.58. The van der Waals surface area contributed by atoms with Crippen LogP contribution in [0.15, 0.2) is 42.5 Å². The summed E-state index contributed by atoms with van der Waals surface area (Å²) in [6, 6.07) is 14.0. The van der Waals surface area contributed by atoms with Gasteiger partial charge in [0.15, 0.2) is 11.5 Å². The van der Waals surface area contributed by atoms with Crippen molar-refractivity contribution in [1.82, 2.24) is 15.1 Å². The average molecular weight is 464 g/mol. The fourth-order valence-electron chi connectivity index (χ4n) is 5.83. The van der Waals surface area contributed by atoms with Crippen molar-refractivity contribution in [2.75, 3.05) is 27.4 Å². The Bertz CT molecular complexity index is 1060. The van der Waals surface area contributed by atoms with E-state index in [-0.39, 0.29) is 24.6 Å². The van der Waals surface area contributed by atoms with Crippen molar-refractivity contribution in [3.8, 4) is 11.5 Å². The third kappa shape index (κ3) is 3.92. The van der Waals surface area contributed by atoms with E-state index in [9.17, 15) is 9.59 Å². The molecule has 1 spiro atoms. The lowest BCUT2D eigenvalue weighted by atomic mass is 9.87. The molecule has 1 saturated heterocycles. The van der Waals surface area contributed by atoms with E-state index >= 15 is 0 Å². The zero-order valence-electron chi connectivity index (χ0n) is 20.0. The van der Waals surface area contributed by atoms with Crippen molar-refractivity contribution < 1.29 is 19.1 Å². The first-order chi connectivity index (χ1) is 16.6. The van der Waals surface area contributed by atoms with Gasteiger partial charge in [-0.2, -0.15) is 0 Å². The highest BCUT2D eigenvalue weighted by atomic mass is 16.5. The fraction of sp³-hybridized carbons (Fsp3) is 0.481. The highest BCUT2D eigenvalue weighted by molar-refractivity contribution is 6.07. The van der Waals surface area contributed by atoms with Crippen LogP contribution in [0.5, 0.6) is 11.5 Å². The number of benzene rings is 2. The Kier molecular flexibility index (Phi) is 6.21. The van der Waals surface area contributed by atoms with Crippen LogP contribution >= 0.6 is 0 Å². The van der Waals surface area contributed by atoms with E-state index in [1.807, 2.05) is 24.3 Å². The quantitative estimate of drug-likeness (QED) is 0.671. The number of nitrogens with zero attached hydrogens (tertiary/aromatic N) is 2. The summed E-state index contributed by atoms with van der Waals surface area (Å²) in [5.41, 5.74) is 2.71. The minimum atomic E-state index is -0.722. The Morgan fingerprint density at radius 3 is 2.32 bits per heavy atom. The number of rotatable bonds is 5. The van der Waals surface area contributed by atoms with Crippen molar-refractivity contribution in [3.05, 3.63) is 59.2 Å². The van der Waals surface area contributed by atoms with Crippen molar-refractivity contribution in [2.45, 2.75) is 56.5 Å². The van der Waals surface area contributed by atoms with E-state index in [0.717, 1.165) is 62.6 Å². The van der Waals surface area contributed by atoms with E-state index in [1.165, 1.54) is 10.5 Å². The number of carbonyl (C=O) groups is 2. The van der Waals surface area contributed by atoms with Gasteiger partial charge < -0.3 is 14.8 Å². The maximum atomic E-state index is 13.6. The second-order valence-electron chi connectivity index (χ2n) is 9.58. The van der Waals surface area contributed by atoms with Crippen molar-refractivity contribution >= 4 is 11.9 Å². The summed E-state index contributed by atoms with van der Waals surface area (Å²) in [5.74, 6) is 1.33. The van der Waals surface area contributed by atoms with Crippen LogP contribution in [0, 0.1) is 0 Å². The van der Waals surface area contributed by atoms with Gasteiger partial charge in [0.25, 0.3) is 5.91 Å². The molecule has 3 amide bonds. The van der Waals surface area contributed by atoms with Gasteiger partial charge in [-0.25, -0.2) is 9.69 Å². The molecule has 1 atom stereocenters. The molecular weight excluding hydrogens is 430 g/mol. The van der Waals surface area contributed by atoms with Gasteiger partial charge in [0.2, 0.25) is 0 Å². The summed E-state index contributed by atoms with van der Waals surface area (Å²) in [5, 5.41) is 3.08. The first kappa shape index (κ1) is 22.7. The maximum Gasteiger partial charge on any atom is 0.326 e. The predicted octanol–water partition coefficient (Wildman–Crippen LogP) is 4.25. The van der Waals surface area contributed by atoms with E-state index < -0.39 is 5.54 Å². The Balaban J connectivity index is 1.49. The van der Waals surface area contributed by atoms with Crippen LogP contribution in [0.1, 0.15) is 61.3 Å². The largest absolute Gasteiger partial charge is 0.493 e. The summed E-state index contributed by atoms with van der Waals surface area (Å²) >= 11 is 0. The molecule has 1 saturated carbocycles. The smallest absolute Gasteiger partial charge is 0.326 e. The molecule has 2 aliphatic heterocycles. The number of fused-ring (bicyclic) bond motifs is 1. The third-order valence-corrected chi connectivity index (χ3v) is 7.61. The number of nitrogens with one attached hydrogen (secondary N) is 1. The van der Waals surface area contributed by atoms with Gasteiger partial charge in [0.05, 0.1) is 26.9 Å². The van der Waals surface area contributed by atoms with Gasteiger partial charge in [-0.05, 0) is 48.1 Å². The van der Waals surface area contributed by atoms with E-state index in [1.54, 1.807) is 14.2 Å². The monoisotopic (exact) mass is 463 g/mol. The zero-order valence-corrected chi connectivity index (χ0v) is 20.0. The average Bonchev–Trinajstić information content (AvgIpc) is 3.01. The normalized spacial score (nSPS) is 22.3. The topological polar surface area (TPSA) is 71.1 Å². The summed E-state index contributed by atoms with van der Waals surface area (Å²) in [7, 11) is 3.29. The highest BCUT2D eigenvalue weighted by Gasteiger charge is 2.51. The van der Waals surface area contributed by atoms with Gasteiger partial charge in [-0.15, -0.1) is 0 Å². The minimum absolute atomic E-state index is 0.0654. The molecule has 1 aliphatic carbocycles. The van der Waals surface area contributed by atoms with Gasteiger partial charge in [0.1, 0.15) is 5.54 Å². The standard InChI is InChI=1S/C27H33N3O4/c1-33-22-16-20-12-15-29(24(19-10-6-5-7-11-19)21(20)17-23(22)34-2)18-30-25(31)27(28-26(30)32)13-8-3-4-9-14-27/h5-7,10-11,16-17,24H,3-4,8-9,12-15,18H2,1-2H3,(H,28,32). The van der Waals surface area contributed by atoms with Crippen LogP contribution in [0.25, 0.3) is 0 Å². The van der Waals surface area contributed by atoms with E-state index in [0.29, 0.717) is 11.5 Å². The molecular formula is C27H33N3O4. The number of amides is 3. The zero-order chi connectivity index (χ0) is 23.7. The SMILES string of the molecule is COc1cc2c(cc1OC)C(c1ccccc1)N(CN1C(=O)NC3(CCCCCC3)C1=O)CC2. The number of urea groups is 1. The number of hydrogen-bond donors (Lipinski definition) is 1. The number of carbonyl (C=O) groups excluding carboxylic acids is 2. The molecule has 180 valence electrons. The number of imide groups is 1. The van der Waals surface area contributed by atoms with Crippen LogP contribution < -0.4 is 14.8 Å². The Morgan fingerprint density at radius 2 is 1.65 bits per heavy atom. The number of ether oxygens (including phenoxy) is 2. The van der Waals surface area contributed by atoms with Crippen LogP contribution in [-0.2, 0) is 11.2 Å². The minimum Gasteiger partial charge on any atom is -0.493 e. The van der Waals surface area contributed by atoms with E-state index in [4.69, 9.17) is 9.47 Å². The lowest BCUT2D eigenvalue weighted by molar-refractivity contribution is -0.133. The molecule has 2 heterocycles. The molecule has 3 aliphatic rings. The predicted molar refractivity (Wildman–Crippen MR) is 129 cm³/mol. The van der Waals surface area contributed by atoms with Crippen molar-refractivity contribution in [3.63, 3.8) is 0 Å². The fourth-order valence-corrected chi connectivity index (χ4v) is 5.83. The van der Waals surface area contributed by atoms with Crippen LogP contribution in [-0.4, -0.2) is 54.7 Å². The third-order valence-electron chi connectivity index (χ3n) is 7.61. The second kappa shape index (κ2) is 9.29. The molecule has 34 heavy (non-hydrogen) atoms. The molecule has 7 nitrogen and oxygen atoms in total. The van der Waals surface area contributed by atoms with Gasteiger partial charge in [-0.3, -0.25) is 9.69 Å². The molecule has 2 aromatic rings. The molecule has 2 aromatic carbocycles. The molecule has 0 aromatic heterocycles. The van der Waals surface area contributed by atoms with Crippen molar-refractivity contribution in [1.29, 1.82) is 0 Å². The molecule has 1 unspecified atom stereocenters. The first-order valence-corrected chi connectivity index (χ1v) is 12.2. The van der Waals surface area contributed by atoms with Crippen LogP contribution in [0.4, 0.5) is 4.79 Å². The number of hydrogen-bond acceptors (Lipinski definition) is 5. The molecule has 0 bridgehead atoms. The molecule has 1 N–H and O–H groups in total. The maximum absolute atomic E-state index is 13.6. The lowest BCUT2D eigenvalue weighted by Crippen LogP contribution is -2.49. The Morgan fingerprint density at radius 1 is 0.971 bits per heavy atom. The molecule has 7 heteroatoms. The summed E-state index contributed by atoms with van der Waals surface area (Å²) in [6.45, 7) is 0.992. The molecule has 2 fully saturated rings. The Hall–Kier alpha value is -3.06. The van der Waals surface area contributed by atoms with E-state index in [2.05, 4.69) is 28.4 Å².